The minimum Gasteiger partial charge on any atom is -0.481 e. The molecule has 6 nitrogen and oxygen atoms in total. The van der Waals surface area contributed by atoms with E-state index in [-0.39, 0.29) is 5.91 Å². The highest BCUT2D eigenvalue weighted by Gasteiger charge is 2.38. The van der Waals surface area contributed by atoms with Gasteiger partial charge in [-0.05, 0) is 19.8 Å². The molecule has 0 bridgehead atoms. The van der Waals surface area contributed by atoms with Gasteiger partial charge in [0.1, 0.15) is 6.04 Å². The molecule has 0 aromatic heterocycles. The Kier molecular flexibility index (Phi) is 4.48. The second kappa shape index (κ2) is 5.65. The van der Waals surface area contributed by atoms with Crippen LogP contribution in [0.4, 0.5) is 0 Å². The lowest BCUT2D eigenvalue weighted by molar-refractivity contribution is -0.147. The molecule has 3 atom stereocenters. The van der Waals surface area contributed by atoms with Crippen molar-refractivity contribution in [1.82, 2.24) is 5.32 Å². The molecule has 3 unspecified atom stereocenters. The third kappa shape index (κ3) is 3.18. The summed E-state index contributed by atoms with van der Waals surface area (Å²) in [6.45, 7) is 1.51. The molecule has 0 radical (unpaired) electrons. The number of carboxylic acid groups (broad SMARTS) is 1. The van der Waals surface area contributed by atoms with E-state index in [9.17, 15) is 14.4 Å². The second-order valence-corrected chi connectivity index (χ2v) is 4.24. The summed E-state index contributed by atoms with van der Waals surface area (Å²) in [7, 11) is 1.24. The Morgan fingerprint density at radius 1 is 1.29 bits per heavy atom. The van der Waals surface area contributed by atoms with Crippen LogP contribution >= 0.6 is 0 Å². The highest BCUT2D eigenvalue weighted by Crippen LogP contribution is 2.32. The van der Waals surface area contributed by atoms with Gasteiger partial charge < -0.3 is 15.2 Å². The topological polar surface area (TPSA) is 92.7 Å². The first kappa shape index (κ1) is 13.5. The highest BCUT2D eigenvalue weighted by atomic mass is 16.5. The average molecular weight is 243 g/mol. The zero-order chi connectivity index (χ0) is 13.0. The van der Waals surface area contributed by atoms with Crippen molar-refractivity contribution in [2.24, 2.45) is 11.8 Å². The standard InChI is InChI=1S/C11H17NO5/c1-6(11(16)17-2)12-9(13)7-4-3-5-8(7)10(14)15/h6-8H,3-5H2,1-2H3,(H,12,13)(H,14,15). The summed E-state index contributed by atoms with van der Waals surface area (Å²) in [6.07, 6.45) is 1.79. The van der Waals surface area contributed by atoms with Gasteiger partial charge in [-0.3, -0.25) is 9.59 Å². The fourth-order valence-corrected chi connectivity index (χ4v) is 2.13. The van der Waals surface area contributed by atoms with Crippen LogP contribution in [-0.4, -0.2) is 36.1 Å². The van der Waals surface area contributed by atoms with E-state index >= 15 is 0 Å². The average Bonchev–Trinajstić information content (AvgIpc) is 2.76. The summed E-state index contributed by atoms with van der Waals surface area (Å²) in [5.41, 5.74) is 0. The van der Waals surface area contributed by atoms with E-state index in [1.807, 2.05) is 0 Å². The SMILES string of the molecule is COC(=O)C(C)NC(=O)C1CCCC1C(=O)O. The van der Waals surface area contributed by atoms with Crippen molar-refractivity contribution in [2.45, 2.75) is 32.2 Å². The molecule has 1 aliphatic carbocycles. The van der Waals surface area contributed by atoms with Crippen LogP contribution in [0.15, 0.2) is 0 Å². The molecule has 1 aliphatic rings. The molecular formula is C11H17NO5. The molecule has 6 heteroatoms. The number of carboxylic acids is 1. The fraction of sp³-hybridized carbons (Fsp3) is 0.727. The Bertz CT molecular complexity index is 328. The monoisotopic (exact) mass is 243 g/mol. The molecule has 1 fully saturated rings. The Hall–Kier alpha value is -1.59. The normalized spacial score (nSPS) is 25.1. The number of aliphatic carboxylic acids is 1. The van der Waals surface area contributed by atoms with Gasteiger partial charge in [-0.2, -0.15) is 0 Å². The first-order chi connectivity index (χ1) is 7.97. The molecule has 0 aromatic carbocycles. The lowest BCUT2D eigenvalue weighted by atomic mass is 9.95. The van der Waals surface area contributed by atoms with E-state index in [0.29, 0.717) is 12.8 Å². The number of nitrogens with one attached hydrogen (secondary N) is 1. The molecule has 96 valence electrons. The van der Waals surface area contributed by atoms with Crippen LogP contribution < -0.4 is 5.32 Å². The predicted molar refractivity (Wildman–Crippen MR) is 58.1 cm³/mol. The number of hydrogen-bond donors (Lipinski definition) is 2. The Morgan fingerprint density at radius 3 is 2.41 bits per heavy atom. The largest absolute Gasteiger partial charge is 0.481 e. The second-order valence-electron chi connectivity index (χ2n) is 4.24. The van der Waals surface area contributed by atoms with E-state index in [4.69, 9.17) is 5.11 Å². The van der Waals surface area contributed by atoms with E-state index in [2.05, 4.69) is 10.1 Å². The van der Waals surface area contributed by atoms with Crippen LogP contribution in [0.1, 0.15) is 26.2 Å². The summed E-state index contributed by atoms with van der Waals surface area (Å²) in [4.78, 5) is 33.9. The molecule has 0 spiro atoms. The summed E-state index contributed by atoms with van der Waals surface area (Å²) >= 11 is 0. The van der Waals surface area contributed by atoms with Gasteiger partial charge in [0.05, 0.1) is 18.9 Å². The smallest absolute Gasteiger partial charge is 0.328 e. The number of hydrogen-bond acceptors (Lipinski definition) is 4. The molecule has 1 rings (SSSR count). The van der Waals surface area contributed by atoms with Gasteiger partial charge in [-0.1, -0.05) is 6.42 Å². The predicted octanol–water partition coefficient (Wildman–Crippen LogP) is 0.165. The number of methoxy groups -OCH3 is 1. The Labute approximate surface area is 99.3 Å². The molecule has 0 saturated heterocycles. The van der Waals surface area contributed by atoms with Gasteiger partial charge in [0.2, 0.25) is 5.91 Å². The maximum atomic E-state index is 11.8. The molecular weight excluding hydrogens is 226 g/mol. The zero-order valence-electron chi connectivity index (χ0n) is 9.93. The molecule has 1 amide bonds. The molecule has 0 aromatic rings. The molecule has 17 heavy (non-hydrogen) atoms. The zero-order valence-corrected chi connectivity index (χ0v) is 9.93. The molecule has 1 saturated carbocycles. The summed E-state index contributed by atoms with van der Waals surface area (Å²) in [5.74, 6) is -3.05. The van der Waals surface area contributed by atoms with E-state index < -0.39 is 29.8 Å². The van der Waals surface area contributed by atoms with Crippen LogP contribution in [0, 0.1) is 11.8 Å². The van der Waals surface area contributed by atoms with E-state index in [1.54, 1.807) is 0 Å². The van der Waals surface area contributed by atoms with Gasteiger partial charge in [0.15, 0.2) is 0 Å². The quantitative estimate of drug-likeness (QED) is 0.686. The number of ether oxygens (including phenoxy) is 1. The van der Waals surface area contributed by atoms with Crippen LogP contribution in [0.5, 0.6) is 0 Å². The third-order valence-electron chi connectivity index (χ3n) is 3.08. The van der Waals surface area contributed by atoms with Gasteiger partial charge in [0, 0.05) is 0 Å². The minimum absolute atomic E-state index is 0.382. The number of carbonyl (C=O) groups is 3. The van der Waals surface area contributed by atoms with Gasteiger partial charge in [0.25, 0.3) is 0 Å². The van der Waals surface area contributed by atoms with Crippen molar-refractivity contribution < 1.29 is 24.2 Å². The number of esters is 1. The van der Waals surface area contributed by atoms with Gasteiger partial charge in [-0.25, -0.2) is 4.79 Å². The fourth-order valence-electron chi connectivity index (χ4n) is 2.13. The van der Waals surface area contributed by atoms with Gasteiger partial charge >= 0.3 is 11.9 Å². The summed E-state index contributed by atoms with van der Waals surface area (Å²) < 4.78 is 4.48. The van der Waals surface area contributed by atoms with E-state index in [1.165, 1.54) is 14.0 Å². The summed E-state index contributed by atoms with van der Waals surface area (Å²) in [6, 6.07) is -0.748. The van der Waals surface area contributed by atoms with Crippen molar-refractivity contribution in [3.05, 3.63) is 0 Å². The lowest BCUT2D eigenvalue weighted by Gasteiger charge is -2.18. The number of amides is 1. The summed E-state index contributed by atoms with van der Waals surface area (Å²) in [5, 5.41) is 11.4. The van der Waals surface area contributed by atoms with Crippen molar-refractivity contribution >= 4 is 17.8 Å². The first-order valence-corrected chi connectivity index (χ1v) is 5.58. The van der Waals surface area contributed by atoms with Crippen LogP contribution in [0.2, 0.25) is 0 Å². The number of rotatable bonds is 4. The lowest BCUT2D eigenvalue weighted by Crippen LogP contribution is -2.44. The Balaban J connectivity index is 2.58. The van der Waals surface area contributed by atoms with Crippen molar-refractivity contribution in [3.8, 4) is 0 Å². The highest BCUT2D eigenvalue weighted by molar-refractivity contribution is 5.88. The first-order valence-electron chi connectivity index (χ1n) is 5.58. The van der Waals surface area contributed by atoms with Crippen molar-refractivity contribution in [1.29, 1.82) is 0 Å². The van der Waals surface area contributed by atoms with Crippen LogP contribution in [0.25, 0.3) is 0 Å². The van der Waals surface area contributed by atoms with Crippen molar-refractivity contribution in [3.63, 3.8) is 0 Å². The maximum absolute atomic E-state index is 11.8. The molecule has 0 aliphatic heterocycles. The number of carbonyl (C=O) groups excluding carboxylic acids is 2. The minimum atomic E-state index is -0.951. The van der Waals surface area contributed by atoms with Gasteiger partial charge in [-0.15, -0.1) is 0 Å². The molecule has 2 N–H and O–H groups in total. The van der Waals surface area contributed by atoms with Crippen LogP contribution in [-0.2, 0) is 19.1 Å². The van der Waals surface area contributed by atoms with Crippen LogP contribution in [0.3, 0.4) is 0 Å². The van der Waals surface area contributed by atoms with E-state index in [0.717, 1.165) is 6.42 Å². The molecule has 0 heterocycles. The Morgan fingerprint density at radius 2 is 1.88 bits per heavy atom. The van der Waals surface area contributed by atoms with Crippen molar-refractivity contribution in [2.75, 3.05) is 7.11 Å². The third-order valence-corrected chi connectivity index (χ3v) is 3.08. The maximum Gasteiger partial charge on any atom is 0.328 e.